The minimum Gasteiger partial charge on any atom is -0.398 e. The minimum absolute atomic E-state index is 0.168. The Labute approximate surface area is 263 Å². The van der Waals surface area contributed by atoms with Crippen molar-refractivity contribution in [3.05, 3.63) is 77.4 Å². The molecule has 5 rings (SSSR count). The Kier molecular flexibility index (Phi) is 11.6. The van der Waals surface area contributed by atoms with Crippen molar-refractivity contribution in [1.82, 2.24) is 14.9 Å². The predicted molar refractivity (Wildman–Crippen MR) is 180 cm³/mol. The van der Waals surface area contributed by atoms with E-state index in [1.54, 1.807) is 6.20 Å². The highest BCUT2D eigenvalue weighted by atomic mass is 16.5. The van der Waals surface area contributed by atoms with Crippen LogP contribution in [-0.4, -0.2) is 47.1 Å². The summed E-state index contributed by atoms with van der Waals surface area (Å²) in [7, 11) is 0. The van der Waals surface area contributed by atoms with Crippen molar-refractivity contribution in [2.24, 2.45) is 5.92 Å². The molecule has 1 saturated heterocycles. The number of nitrogens with zero attached hydrogens (tertiary/aromatic N) is 3. The van der Waals surface area contributed by atoms with Crippen LogP contribution in [0.5, 0.6) is 0 Å². The van der Waals surface area contributed by atoms with Crippen molar-refractivity contribution in [2.75, 3.05) is 37.4 Å². The highest BCUT2D eigenvalue weighted by Crippen LogP contribution is 2.32. The summed E-state index contributed by atoms with van der Waals surface area (Å²) < 4.78 is 5.50. The summed E-state index contributed by atoms with van der Waals surface area (Å²) in [6.45, 7) is 8.29. The molecule has 1 saturated carbocycles. The normalized spacial score (nSPS) is 17.7. The van der Waals surface area contributed by atoms with Gasteiger partial charge in [-0.15, -0.1) is 0 Å². The molecule has 2 aromatic heterocycles. The van der Waals surface area contributed by atoms with Crippen molar-refractivity contribution in [3.8, 4) is 11.1 Å². The van der Waals surface area contributed by atoms with Gasteiger partial charge in [0.2, 0.25) is 0 Å². The number of rotatable bonds is 9. The van der Waals surface area contributed by atoms with Gasteiger partial charge in [0.1, 0.15) is 0 Å². The van der Waals surface area contributed by atoms with Crippen LogP contribution in [0.1, 0.15) is 88.5 Å². The first-order chi connectivity index (χ1) is 21.5. The van der Waals surface area contributed by atoms with Crippen LogP contribution in [0.2, 0.25) is 0 Å². The summed E-state index contributed by atoms with van der Waals surface area (Å²) in [5.41, 5.74) is 14.4. The summed E-state index contributed by atoms with van der Waals surface area (Å²) in [6, 6.07) is 12.2. The number of ether oxygens (including phenoxy) is 1. The van der Waals surface area contributed by atoms with Crippen molar-refractivity contribution < 1.29 is 9.53 Å². The molecular weight excluding hydrogens is 546 g/mol. The van der Waals surface area contributed by atoms with Crippen LogP contribution in [0.3, 0.4) is 0 Å². The summed E-state index contributed by atoms with van der Waals surface area (Å²) in [4.78, 5) is 25.5. The number of nitrogens with one attached hydrogen (secondary N) is 1. The lowest BCUT2D eigenvalue weighted by Gasteiger charge is -2.26. The van der Waals surface area contributed by atoms with Crippen LogP contribution in [0, 0.1) is 5.92 Å². The second-order valence-electron chi connectivity index (χ2n) is 12.5. The molecule has 3 heterocycles. The SMILES string of the molecule is CCC(C)=C(C(=O)Nc1ccc(CC2CCCCCCCC2)nc1)c1cc(-c2cncc(CN3CCOCC3)c2)ccc1N. The van der Waals surface area contributed by atoms with Gasteiger partial charge in [-0.2, -0.15) is 0 Å². The van der Waals surface area contributed by atoms with E-state index in [9.17, 15) is 4.79 Å². The molecule has 44 heavy (non-hydrogen) atoms. The zero-order chi connectivity index (χ0) is 30.7. The maximum absolute atomic E-state index is 13.8. The van der Waals surface area contributed by atoms with E-state index in [1.165, 1.54) is 51.4 Å². The molecule has 0 unspecified atom stereocenters. The maximum Gasteiger partial charge on any atom is 0.256 e. The lowest BCUT2D eigenvalue weighted by molar-refractivity contribution is -0.111. The number of amides is 1. The monoisotopic (exact) mass is 595 g/mol. The van der Waals surface area contributed by atoms with Crippen molar-refractivity contribution >= 4 is 22.9 Å². The topological polar surface area (TPSA) is 93.4 Å². The Morgan fingerprint density at radius 3 is 2.41 bits per heavy atom. The first-order valence-electron chi connectivity index (χ1n) is 16.6. The molecule has 1 amide bonds. The Morgan fingerprint density at radius 2 is 1.70 bits per heavy atom. The molecular formula is C37H49N5O2. The summed E-state index contributed by atoms with van der Waals surface area (Å²) in [5.74, 6) is 0.534. The summed E-state index contributed by atoms with van der Waals surface area (Å²) >= 11 is 0. The second-order valence-corrected chi connectivity index (χ2v) is 12.5. The Balaban J connectivity index is 1.31. The third-order valence-corrected chi connectivity index (χ3v) is 9.20. The number of aromatic nitrogens is 2. The quantitative estimate of drug-likeness (QED) is 0.195. The van der Waals surface area contributed by atoms with E-state index >= 15 is 0 Å². The van der Waals surface area contributed by atoms with Crippen LogP contribution in [0.25, 0.3) is 16.7 Å². The van der Waals surface area contributed by atoms with Crippen LogP contribution in [-0.2, 0) is 22.5 Å². The maximum atomic E-state index is 13.8. The van der Waals surface area contributed by atoms with Gasteiger partial charge < -0.3 is 15.8 Å². The minimum atomic E-state index is -0.168. The molecule has 1 aromatic carbocycles. The molecule has 1 aliphatic carbocycles. The van der Waals surface area contributed by atoms with Crippen molar-refractivity contribution in [2.45, 2.75) is 84.6 Å². The van der Waals surface area contributed by atoms with Crippen LogP contribution in [0.4, 0.5) is 11.4 Å². The van der Waals surface area contributed by atoms with E-state index in [0.29, 0.717) is 22.9 Å². The van der Waals surface area contributed by atoms with Crippen LogP contribution < -0.4 is 11.1 Å². The molecule has 0 spiro atoms. The number of nitrogens with two attached hydrogens (primary N) is 1. The summed E-state index contributed by atoms with van der Waals surface area (Å²) in [6.07, 6.45) is 18.0. The molecule has 0 atom stereocenters. The van der Waals surface area contributed by atoms with Gasteiger partial charge in [-0.05, 0) is 67.1 Å². The highest BCUT2D eigenvalue weighted by molar-refractivity contribution is 6.27. The fourth-order valence-corrected chi connectivity index (χ4v) is 6.45. The lowest BCUT2D eigenvalue weighted by atomic mass is 9.92. The van der Waals surface area contributed by atoms with Gasteiger partial charge in [-0.25, -0.2) is 0 Å². The van der Waals surface area contributed by atoms with E-state index in [2.05, 4.69) is 34.3 Å². The van der Waals surface area contributed by atoms with Crippen molar-refractivity contribution in [3.63, 3.8) is 0 Å². The molecule has 0 bridgehead atoms. The van der Waals surface area contributed by atoms with Gasteiger partial charge in [0, 0.05) is 60.1 Å². The number of anilines is 2. The number of morpholine rings is 1. The predicted octanol–water partition coefficient (Wildman–Crippen LogP) is 7.67. The average molecular weight is 596 g/mol. The molecule has 3 N–H and O–H groups in total. The number of carbonyl (C=O) groups excluding carboxylic acids is 1. The second kappa shape index (κ2) is 16.0. The zero-order valence-electron chi connectivity index (χ0n) is 26.6. The Morgan fingerprint density at radius 1 is 0.955 bits per heavy atom. The number of pyridine rings is 2. The average Bonchev–Trinajstić information content (AvgIpc) is 3.17. The Hall–Kier alpha value is -3.55. The first kappa shape index (κ1) is 31.9. The van der Waals surface area contributed by atoms with Gasteiger partial charge in [0.05, 0.1) is 25.1 Å². The largest absolute Gasteiger partial charge is 0.398 e. The molecule has 2 fully saturated rings. The van der Waals surface area contributed by atoms with E-state index < -0.39 is 0 Å². The smallest absolute Gasteiger partial charge is 0.256 e. The van der Waals surface area contributed by atoms with E-state index in [1.807, 2.05) is 43.6 Å². The number of allylic oxidation sites excluding steroid dienone is 1. The van der Waals surface area contributed by atoms with Gasteiger partial charge in [0.25, 0.3) is 5.91 Å². The van der Waals surface area contributed by atoms with Gasteiger partial charge in [-0.3, -0.25) is 19.7 Å². The number of hydrogen-bond donors (Lipinski definition) is 2. The first-order valence-corrected chi connectivity index (χ1v) is 16.6. The molecule has 7 heteroatoms. The van der Waals surface area contributed by atoms with E-state index in [-0.39, 0.29) is 5.91 Å². The third-order valence-electron chi connectivity index (χ3n) is 9.20. The van der Waals surface area contributed by atoms with Gasteiger partial charge >= 0.3 is 0 Å². The molecule has 1 aliphatic heterocycles. The molecule has 2 aliphatic rings. The fourth-order valence-electron chi connectivity index (χ4n) is 6.45. The van der Waals surface area contributed by atoms with Crippen LogP contribution in [0.15, 0.2) is 60.6 Å². The number of carbonyl (C=O) groups is 1. The fraction of sp³-hybridized carbons (Fsp3) is 0.486. The van der Waals surface area contributed by atoms with Crippen molar-refractivity contribution in [1.29, 1.82) is 0 Å². The third kappa shape index (κ3) is 8.76. The van der Waals surface area contributed by atoms with E-state index in [4.69, 9.17) is 15.5 Å². The van der Waals surface area contributed by atoms with E-state index in [0.717, 1.165) is 79.2 Å². The van der Waals surface area contributed by atoms with Crippen LogP contribution >= 0.6 is 0 Å². The molecule has 3 aromatic rings. The molecule has 234 valence electrons. The number of hydrogen-bond acceptors (Lipinski definition) is 6. The standard InChI is InChI=1S/C37H49N5O2/c1-3-27(2)36(37(43)41-33-14-13-32(40-25-33)21-28-10-8-6-4-5-7-9-11-28)34-22-30(12-15-35(34)38)31-20-29(23-39-24-31)26-42-16-18-44-19-17-42/h12-15,20,22-25,28H,3-11,16-19,21,26,38H2,1-2H3,(H,41,43). The number of benzene rings is 1. The summed E-state index contributed by atoms with van der Waals surface area (Å²) in [5, 5.41) is 3.11. The molecule has 0 radical (unpaired) electrons. The molecule has 7 nitrogen and oxygen atoms in total. The van der Waals surface area contributed by atoms with Gasteiger partial charge in [0.15, 0.2) is 0 Å². The highest BCUT2D eigenvalue weighted by Gasteiger charge is 2.20. The zero-order valence-corrected chi connectivity index (χ0v) is 26.6. The number of nitrogen functional groups attached to an aromatic ring is 1. The van der Waals surface area contributed by atoms with Gasteiger partial charge in [-0.1, -0.05) is 69.9 Å². The Bertz CT molecular complexity index is 1400. The lowest BCUT2D eigenvalue weighted by Crippen LogP contribution is -2.35.